The van der Waals surface area contributed by atoms with Crippen LogP contribution in [0.25, 0.3) is 0 Å². The van der Waals surface area contributed by atoms with Crippen LogP contribution in [0.4, 0.5) is 0 Å². The zero-order chi connectivity index (χ0) is 12.6. The van der Waals surface area contributed by atoms with Crippen molar-refractivity contribution >= 4 is 0 Å². The summed E-state index contributed by atoms with van der Waals surface area (Å²) in [6, 6.07) is 0. The Morgan fingerprint density at radius 1 is 1.11 bits per heavy atom. The molecular formula is C16H30N2. The second-order valence-corrected chi connectivity index (χ2v) is 7.66. The molecule has 2 aliphatic carbocycles. The number of nitrogens with zero attached hydrogens (tertiary/aromatic N) is 1. The highest BCUT2D eigenvalue weighted by Gasteiger charge is 2.36. The summed E-state index contributed by atoms with van der Waals surface area (Å²) in [6.07, 6.45) is 11.2. The summed E-state index contributed by atoms with van der Waals surface area (Å²) in [5.41, 5.74) is 6.82. The minimum absolute atomic E-state index is 0.128. The van der Waals surface area contributed by atoms with E-state index in [1.165, 1.54) is 71.0 Å². The van der Waals surface area contributed by atoms with Gasteiger partial charge in [-0.1, -0.05) is 26.2 Å². The lowest BCUT2D eigenvalue weighted by molar-refractivity contribution is 0.0554. The SMILES string of the molecule is CC1CCCC(N)(CN2CC3CCCC(C3)C2)C1. The molecule has 0 aromatic rings. The predicted octanol–water partition coefficient (Wildman–Crippen LogP) is 3.02. The van der Waals surface area contributed by atoms with Crippen molar-refractivity contribution in [2.75, 3.05) is 19.6 Å². The lowest BCUT2D eigenvalue weighted by atomic mass is 9.74. The van der Waals surface area contributed by atoms with Crippen LogP contribution in [0.1, 0.15) is 58.3 Å². The highest BCUT2D eigenvalue weighted by Crippen LogP contribution is 2.36. The Kier molecular flexibility index (Phi) is 3.68. The first-order valence-corrected chi connectivity index (χ1v) is 8.14. The van der Waals surface area contributed by atoms with Crippen molar-refractivity contribution < 1.29 is 0 Å². The Hall–Kier alpha value is -0.0800. The van der Waals surface area contributed by atoms with Crippen molar-refractivity contribution in [1.82, 2.24) is 4.90 Å². The molecule has 1 saturated heterocycles. The third kappa shape index (κ3) is 2.91. The van der Waals surface area contributed by atoms with E-state index in [1.54, 1.807) is 0 Å². The van der Waals surface area contributed by atoms with Crippen LogP contribution in [-0.2, 0) is 0 Å². The van der Waals surface area contributed by atoms with Gasteiger partial charge in [0.1, 0.15) is 0 Å². The molecule has 0 aromatic heterocycles. The fourth-order valence-corrected chi connectivity index (χ4v) is 4.96. The van der Waals surface area contributed by atoms with E-state index < -0.39 is 0 Å². The summed E-state index contributed by atoms with van der Waals surface area (Å²) in [5, 5.41) is 0. The van der Waals surface area contributed by atoms with Gasteiger partial charge < -0.3 is 10.6 Å². The van der Waals surface area contributed by atoms with E-state index >= 15 is 0 Å². The van der Waals surface area contributed by atoms with Crippen molar-refractivity contribution in [2.45, 2.75) is 63.8 Å². The molecule has 104 valence electrons. The van der Waals surface area contributed by atoms with Gasteiger partial charge in [-0.3, -0.25) is 0 Å². The third-order valence-corrected chi connectivity index (χ3v) is 5.59. The minimum atomic E-state index is 0.128. The molecule has 3 fully saturated rings. The normalized spacial score (nSPS) is 46.0. The number of likely N-dealkylation sites (tertiary alicyclic amines) is 1. The van der Waals surface area contributed by atoms with Gasteiger partial charge in [0.05, 0.1) is 0 Å². The van der Waals surface area contributed by atoms with E-state index in [1.807, 2.05) is 0 Å². The zero-order valence-electron chi connectivity index (χ0n) is 12.0. The van der Waals surface area contributed by atoms with E-state index in [0.717, 1.165) is 17.8 Å². The second kappa shape index (κ2) is 5.13. The van der Waals surface area contributed by atoms with Crippen LogP contribution in [-0.4, -0.2) is 30.1 Å². The fourth-order valence-electron chi connectivity index (χ4n) is 4.96. The van der Waals surface area contributed by atoms with Gasteiger partial charge in [-0.25, -0.2) is 0 Å². The summed E-state index contributed by atoms with van der Waals surface area (Å²) >= 11 is 0. The van der Waals surface area contributed by atoms with Gasteiger partial charge >= 0.3 is 0 Å². The maximum Gasteiger partial charge on any atom is 0.0285 e. The van der Waals surface area contributed by atoms with E-state index in [2.05, 4.69) is 11.8 Å². The smallest absolute Gasteiger partial charge is 0.0285 e. The monoisotopic (exact) mass is 250 g/mol. The van der Waals surface area contributed by atoms with Gasteiger partial charge in [0.2, 0.25) is 0 Å². The molecule has 0 spiro atoms. The highest BCUT2D eigenvalue weighted by atomic mass is 15.2. The molecule has 2 N–H and O–H groups in total. The Morgan fingerprint density at radius 3 is 2.50 bits per heavy atom. The lowest BCUT2D eigenvalue weighted by Gasteiger charge is -2.46. The van der Waals surface area contributed by atoms with Crippen molar-refractivity contribution in [1.29, 1.82) is 0 Å². The van der Waals surface area contributed by atoms with Crippen molar-refractivity contribution in [2.24, 2.45) is 23.5 Å². The van der Waals surface area contributed by atoms with Crippen LogP contribution in [0.3, 0.4) is 0 Å². The van der Waals surface area contributed by atoms with Crippen molar-refractivity contribution in [3.05, 3.63) is 0 Å². The van der Waals surface area contributed by atoms with Crippen LogP contribution in [0.2, 0.25) is 0 Å². The number of hydrogen-bond acceptors (Lipinski definition) is 2. The first-order valence-electron chi connectivity index (χ1n) is 8.14. The van der Waals surface area contributed by atoms with Crippen molar-refractivity contribution in [3.63, 3.8) is 0 Å². The molecule has 1 heterocycles. The van der Waals surface area contributed by atoms with Crippen LogP contribution in [0.15, 0.2) is 0 Å². The number of fused-ring (bicyclic) bond motifs is 2. The van der Waals surface area contributed by atoms with Gasteiger partial charge in [-0.2, -0.15) is 0 Å². The first kappa shape index (κ1) is 12.9. The standard InChI is InChI=1S/C16H30N2/c1-13-4-3-7-16(17,9-13)12-18-10-14-5-2-6-15(8-14)11-18/h13-15H,2-12,17H2,1H3. The number of nitrogens with two attached hydrogens (primary N) is 1. The molecule has 0 aromatic carbocycles. The summed E-state index contributed by atoms with van der Waals surface area (Å²) in [4.78, 5) is 2.72. The molecule has 3 rings (SSSR count). The molecule has 1 aliphatic heterocycles. The van der Waals surface area contributed by atoms with E-state index in [9.17, 15) is 0 Å². The van der Waals surface area contributed by atoms with Gasteiger partial charge in [-0.05, 0) is 49.9 Å². The molecule has 2 nitrogen and oxygen atoms in total. The highest BCUT2D eigenvalue weighted by molar-refractivity contribution is 4.94. The molecule has 2 heteroatoms. The van der Waals surface area contributed by atoms with Gasteiger partial charge in [0.25, 0.3) is 0 Å². The van der Waals surface area contributed by atoms with Crippen LogP contribution in [0.5, 0.6) is 0 Å². The first-order chi connectivity index (χ1) is 8.63. The molecule has 3 aliphatic rings. The fraction of sp³-hybridized carbons (Fsp3) is 1.00. The molecule has 18 heavy (non-hydrogen) atoms. The Labute approximate surface area is 112 Å². The largest absolute Gasteiger partial charge is 0.324 e. The molecule has 0 radical (unpaired) electrons. The lowest BCUT2D eigenvalue weighted by Crippen LogP contribution is -2.56. The molecule has 0 amide bonds. The summed E-state index contributed by atoms with van der Waals surface area (Å²) in [7, 11) is 0. The molecule has 2 bridgehead atoms. The van der Waals surface area contributed by atoms with Crippen LogP contribution < -0.4 is 5.73 Å². The van der Waals surface area contributed by atoms with Crippen LogP contribution >= 0.6 is 0 Å². The summed E-state index contributed by atoms with van der Waals surface area (Å²) in [6.45, 7) is 6.23. The molecule has 4 unspecified atom stereocenters. The zero-order valence-corrected chi connectivity index (χ0v) is 12.0. The molecule has 2 saturated carbocycles. The Balaban J connectivity index is 1.58. The maximum absolute atomic E-state index is 6.69. The van der Waals surface area contributed by atoms with Crippen molar-refractivity contribution in [3.8, 4) is 0 Å². The molecule has 4 atom stereocenters. The molecular weight excluding hydrogens is 220 g/mol. The Bertz CT molecular complexity index is 279. The van der Waals surface area contributed by atoms with Gasteiger partial charge in [0.15, 0.2) is 0 Å². The van der Waals surface area contributed by atoms with E-state index in [0.29, 0.717) is 0 Å². The maximum atomic E-state index is 6.69. The average molecular weight is 250 g/mol. The predicted molar refractivity (Wildman–Crippen MR) is 76.4 cm³/mol. The number of hydrogen-bond donors (Lipinski definition) is 1. The minimum Gasteiger partial charge on any atom is -0.324 e. The quantitative estimate of drug-likeness (QED) is 0.816. The van der Waals surface area contributed by atoms with E-state index in [4.69, 9.17) is 5.73 Å². The number of rotatable bonds is 2. The topological polar surface area (TPSA) is 29.3 Å². The average Bonchev–Trinajstić information content (AvgIpc) is 2.27. The third-order valence-electron chi connectivity index (χ3n) is 5.59. The van der Waals surface area contributed by atoms with Gasteiger partial charge in [-0.15, -0.1) is 0 Å². The number of piperidine rings is 1. The summed E-state index contributed by atoms with van der Waals surface area (Å²) in [5.74, 6) is 2.82. The van der Waals surface area contributed by atoms with E-state index in [-0.39, 0.29) is 5.54 Å². The Morgan fingerprint density at radius 2 is 1.83 bits per heavy atom. The second-order valence-electron chi connectivity index (χ2n) is 7.66. The van der Waals surface area contributed by atoms with Gasteiger partial charge in [0, 0.05) is 25.2 Å². The van der Waals surface area contributed by atoms with Crippen LogP contribution in [0, 0.1) is 17.8 Å². The summed E-state index contributed by atoms with van der Waals surface area (Å²) < 4.78 is 0.